The van der Waals surface area contributed by atoms with Gasteiger partial charge in [0, 0.05) is 11.7 Å². The Morgan fingerprint density at radius 1 is 1.17 bits per heavy atom. The van der Waals surface area contributed by atoms with Gasteiger partial charge in [0.05, 0.1) is 0 Å². The molecule has 4 heteroatoms. The minimum Gasteiger partial charge on any atom is -0.448 e. The van der Waals surface area contributed by atoms with Crippen LogP contribution in [0.1, 0.15) is 29.9 Å². The number of amides is 1. The number of carbonyl (C=O) groups is 1. The zero-order valence-electron chi connectivity index (χ0n) is 14.0. The third-order valence-corrected chi connectivity index (χ3v) is 4.56. The van der Waals surface area contributed by atoms with E-state index >= 15 is 0 Å². The van der Waals surface area contributed by atoms with Crippen LogP contribution in [0, 0.1) is 6.92 Å². The predicted octanol–water partition coefficient (Wildman–Crippen LogP) is 4.08. The number of anilines is 1. The maximum absolute atomic E-state index is 12.0. The van der Waals surface area contributed by atoms with E-state index in [1.54, 1.807) is 0 Å². The van der Waals surface area contributed by atoms with Crippen LogP contribution in [0.15, 0.2) is 54.6 Å². The zero-order chi connectivity index (χ0) is 16.8. The maximum atomic E-state index is 12.0. The van der Waals surface area contributed by atoms with E-state index in [2.05, 4.69) is 34.9 Å². The summed E-state index contributed by atoms with van der Waals surface area (Å²) in [5, 5.41) is 6.25. The first-order valence-corrected chi connectivity index (χ1v) is 8.50. The second-order valence-electron chi connectivity index (χ2n) is 6.32. The Kier molecular flexibility index (Phi) is 5.49. The van der Waals surface area contributed by atoms with Crippen LogP contribution in [0.25, 0.3) is 0 Å². The Morgan fingerprint density at radius 2 is 1.92 bits per heavy atom. The second-order valence-corrected chi connectivity index (χ2v) is 6.32. The van der Waals surface area contributed by atoms with Gasteiger partial charge in [0.25, 0.3) is 0 Å². The number of hydrogen-bond donors (Lipinski definition) is 2. The van der Waals surface area contributed by atoms with Gasteiger partial charge in [0.15, 0.2) is 0 Å². The molecule has 0 bridgehead atoms. The molecule has 0 spiro atoms. The van der Waals surface area contributed by atoms with Gasteiger partial charge in [-0.1, -0.05) is 48.5 Å². The molecule has 0 radical (unpaired) electrons. The van der Waals surface area contributed by atoms with Gasteiger partial charge in [-0.15, -0.1) is 0 Å². The highest BCUT2D eigenvalue weighted by Gasteiger charge is 2.23. The molecule has 2 atom stereocenters. The fourth-order valence-electron chi connectivity index (χ4n) is 3.20. The zero-order valence-corrected chi connectivity index (χ0v) is 14.0. The van der Waals surface area contributed by atoms with E-state index in [0.29, 0.717) is 12.5 Å². The van der Waals surface area contributed by atoms with Crippen molar-refractivity contribution in [2.75, 3.05) is 18.5 Å². The molecule has 1 heterocycles. The van der Waals surface area contributed by atoms with Crippen molar-refractivity contribution in [3.8, 4) is 0 Å². The fraction of sp³-hybridized carbons (Fsp3) is 0.350. The van der Waals surface area contributed by atoms with Crippen molar-refractivity contribution in [2.45, 2.75) is 31.7 Å². The van der Waals surface area contributed by atoms with Crippen molar-refractivity contribution in [1.29, 1.82) is 0 Å². The maximum Gasteiger partial charge on any atom is 0.411 e. The SMILES string of the molecule is Cc1ccccc1NC(=O)OC[C@@H]1C[C@@H](c2ccccc2)CCN1. The number of nitrogens with one attached hydrogen (secondary N) is 2. The summed E-state index contributed by atoms with van der Waals surface area (Å²) in [5.74, 6) is 0.528. The van der Waals surface area contributed by atoms with Crippen molar-refractivity contribution >= 4 is 11.8 Å². The van der Waals surface area contributed by atoms with Crippen LogP contribution in [0.5, 0.6) is 0 Å². The molecule has 1 fully saturated rings. The topological polar surface area (TPSA) is 50.4 Å². The number of benzene rings is 2. The summed E-state index contributed by atoms with van der Waals surface area (Å²) >= 11 is 0. The van der Waals surface area contributed by atoms with Gasteiger partial charge in [-0.25, -0.2) is 4.79 Å². The molecule has 24 heavy (non-hydrogen) atoms. The van der Waals surface area contributed by atoms with Gasteiger partial charge in [0.1, 0.15) is 6.61 Å². The van der Waals surface area contributed by atoms with E-state index in [-0.39, 0.29) is 6.04 Å². The lowest BCUT2D eigenvalue weighted by molar-refractivity contribution is 0.139. The van der Waals surface area contributed by atoms with E-state index < -0.39 is 6.09 Å². The van der Waals surface area contributed by atoms with Crippen LogP contribution in [0.3, 0.4) is 0 Å². The smallest absolute Gasteiger partial charge is 0.411 e. The lowest BCUT2D eigenvalue weighted by atomic mass is 9.87. The van der Waals surface area contributed by atoms with E-state index in [4.69, 9.17) is 4.74 Å². The lowest BCUT2D eigenvalue weighted by Gasteiger charge is -2.30. The van der Waals surface area contributed by atoms with E-state index in [0.717, 1.165) is 30.6 Å². The number of hydrogen-bond acceptors (Lipinski definition) is 3. The van der Waals surface area contributed by atoms with Crippen molar-refractivity contribution in [1.82, 2.24) is 5.32 Å². The molecule has 1 amide bonds. The number of carbonyl (C=O) groups excluding carboxylic acids is 1. The van der Waals surface area contributed by atoms with Gasteiger partial charge >= 0.3 is 6.09 Å². The van der Waals surface area contributed by atoms with E-state index in [1.165, 1.54) is 5.56 Å². The average molecular weight is 324 g/mol. The van der Waals surface area contributed by atoms with Crippen LogP contribution in [-0.4, -0.2) is 25.3 Å². The molecule has 0 saturated carbocycles. The van der Waals surface area contributed by atoms with Gasteiger partial charge in [-0.05, 0) is 49.4 Å². The standard InChI is InChI=1S/C20H24N2O2/c1-15-7-5-6-10-19(15)22-20(23)24-14-18-13-17(11-12-21-18)16-8-3-2-4-9-16/h2-10,17-18,21H,11-14H2,1H3,(H,22,23)/t17-,18-/m0/s1. The van der Waals surface area contributed by atoms with Crippen LogP contribution >= 0.6 is 0 Å². The Bertz CT molecular complexity index is 672. The molecule has 4 nitrogen and oxygen atoms in total. The lowest BCUT2D eigenvalue weighted by Crippen LogP contribution is -2.41. The van der Waals surface area contributed by atoms with Gasteiger partial charge in [0.2, 0.25) is 0 Å². The molecule has 2 N–H and O–H groups in total. The highest BCUT2D eigenvalue weighted by Crippen LogP contribution is 2.27. The minimum atomic E-state index is -0.395. The molecular formula is C20H24N2O2. The van der Waals surface area contributed by atoms with Crippen LogP contribution in [-0.2, 0) is 4.74 Å². The third-order valence-electron chi connectivity index (χ3n) is 4.56. The molecule has 1 aliphatic heterocycles. The summed E-state index contributed by atoms with van der Waals surface area (Å²) in [7, 11) is 0. The highest BCUT2D eigenvalue weighted by atomic mass is 16.5. The molecular weight excluding hydrogens is 300 g/mol. The van der Waals surface area contributed by atoms with Gasteiger partial charge in [-0.2, -0.15) is 0 Å². The number of piperidine rings is 1. The number of aryl methyl sites for hydroxylation is 1. The van der Waals surface area contributed by atoms with Crippen LogP contribution in [0.4, 0.5) is 10.5 Å². The van der Waals surface area contributed by atoms with Crippen molar-refractivity contribution < 1.29 is 9.53 Å². The van der Waals surface area contributed by atoms with E-state index in [1.807, 2.05) is 37.3 Å². The number of ether oxygens (including phenoxy) is 1. The first-order valence-electron chi connectivity index (χ1n) is 8.50. The summed E-state index contributed by atoms with van der Waals surface area (Å²) in [6, 6.07) is 18.4. The van der Waals surface area contributed by atoms with E-state index in [9.17, 15) is 4.79 Å². The largest absolute Gasteiger partial charge is 0.448 e. The number of rotatable bonds is 4. The third kappa shape index (κ3) is 4.36. The first-order chi connectivity index (χ1) is 11.7. The normalized spacial score (nSPS) is 20.4. The summed E-state index contributed by atoms with van der Waals surface area (Å²) in [5.41, 5.74) is 3.18. The van der Waals surface area contributed by atoms with Gasteiger partial charge in [-0.3, -0.25) is 5.32 Å². The second kappa shape index (κ2) is 7.97. The molecule has 1 saturated heterocycles. The summed E-state index contributed by atoms with van der Waals surface area (Å²) in [6.45, 7) is 3.30. The van der Waals surface area contributed by atoms with Crippen molar-refractivity contribution in [2.24, 2.45) is 0 Å². The predicted molar refractivity (Wildman–Crippen MR) is 96.4 cm³/mol. The monoisotopic (exact) mass is 324 g/mol. The Hall–Kier alpha value is -2.33. The number of para-hydroxylation sites is 1. The van der Waals surface area contributed by atoms with Crippen LogP contribution < -0.4 is 10.6 Å². The first kappa shape index (κ1) is 16.5. The summed E-state index contributed by atoms with van der Waals surface area (Å²) in [6.07, 6.45) is 1.71. The molecule has 0 aromatic heterocycles. The molecule has 3 rings (SSSR count). The summed E-state index contributed by atoms with van der Waals surface area (Å²) < 4.78 is 5.41. The Balaban J connectivity index is 1.49. The average Bonchev–Trinajstić information content (AvgIpc) is 2.63. The minimum absolute atomic E-state index is 0.201. The molecule has 126 valence electrons. The summed E-state index contributed by atoms with van der Waals surface area (Å²) in [4.78, 5) is 12.0. The van der Waals surface area contributed by atoms with Gasteiger partial charge < -0.3 is 10.1 Å². The molecule has 1 aliphatic rings. The van der Waals surface area contributed by atoms with Crippen LogP contribution in [0.2, 0.25) is 0 Å². The Labute approximate surface area is 143 Å². The van der Waals surface area contributed by atoms with Crippen molar-refractivity contribution in [3.63, 3.8) is 0 Å². The fourth-order valence-corrected chi connectivity index (χ4v) is 3.20. The molecule has 2 aromatic rings. The molecule has 2 aromatic carbocycles. The highest BCUT2D eigenvalue weighted by molar-refractivity contribution is 5.85. The molecule has 0 unspecified atom stereocenters. The quantitative estimate of drug-likeness (QED) is 0.891. The Morgan fingerprint density at radius 3 is 2.71 bits per heavy atom. The van der Waals surface area contributed by atoms with Crippen molar-refractivity contribution in [3.05, 3.63) is 65.7 Å². The molecule has 0 aliphatic carbocycles.